The van der Waals surface area contributed by atoms with Gasteiger partial charge in [0.05, 0.1) is 17.7 Å². The minimum atomic E-state index is -4.17. The molecule has 0 bridgehead atoms. The third-order valence-corrected chi connectivity index (χ3v) is 8.25. The van der Waals surface area contributed by atoms with Crippen LogP contribution in [0.15, 0.2) is 83.8 Å². The number of amides is 2. The van der Waals surface area contributed by atoms with Crippen LogP contribution >= 0.6 is 0 Å². The summed E-state index contributed by atoms with van der Waals surface area (Å²) < 4.78 is 34.6. The fourth-order valence-corrected chi connectivity index (χ4v) is 5.79. The van der Waals surface area contributed by atoms with E-state index >= 15 is 0 Å². The Morgan fingerprint density at radius 3 is 2.15 bits per heavy atom. The van der Waals surface area contributed by atoms with Gasteiger partial charge in [-0.3, -0.25) is 13.9 Å². The number of benzene rings is 3. The van der Waals surface area contributed by atoms with Crippen molar-refractivity contribution in [3.05, 3.63) is 90.0 Å². The van der Waals surface area contributed by atoms with E-state index in [1.807, 2.05) is 64.1 Å². The van der Waals surface area contributed by atoms with Gasteiger partial charge in [-0.1, -0.05) is 75.4 Å². The summed E-state index contributed by atoms with van der Waals surface area (Å²) in [7, 11) is -2.72. The van der Waals surface area contributed by atoms with E-state index in [0.29, 0.717) is 18.7 Å². The molecular formula is C31H39N3O5S. The van der Waals surface area contributed by atoms with E-state index in [1.165, 1.54) is 24.1 Å². The molecule has 0 aliphatic heterocycles. The van der Waals surface area contributed by atoms with Gasteiger partial charge in [-0.05, 0) is 54.7 Å². The molecule has 1 N–H and O–H groups in total. The molecule has 0 aromatic heterocycles. The van der Waals surface area contributed by atoms with Crippen molar-refractivity contribution >= 4 is 27.5 Å². The topological polar surface area (TPSA) is 96.0 Å². The Morgan fingerprint density at radius 2 is 1.57 bits per heavy atom. The number of ether oxygens (including phenoxy) is 1. The molecular weight excluding hydrogens is 526 g/mol. The molecule has 3 aromatic carbocycles. The summed E-state index contributed by atoms with van der Waals surface area (Å²) >= 11 is 0. The van der Waals surface area contributed by atoms with Gasteiger partial charge in [0, 0.05) is 13.1 Å². The summed E-state index contributed by atoms with van der Waals surface area (Å²) in [6.07, 6.45) is 0.363. The highest BCUT2D eigenvalue weighted by atomic mass is 32.2. The number of sulfonamides is 1. The quantitative estimate of drug-likeness (QED) is 0.322. The van der Waals surface area contributed by atoms with Crippen LogP contribution in [0, 0.1) is 12.8 Å². The fraction of sp³-hybridized carbons (Fsp3) is 0.355. The lowest BCUT2D eigenvalue weighted by atomic mass is 10.1. The first-order valence-corrected chi connectivity index (χ1v) is 14.9. The van der Waals surface area contributed by atoms with E-state index in [0.717, 1.165) is 15.4 Å². The molecule has 3 aromatic rings. The first-order chi connectivity index (χ1) is 19.1. The number of hydrogen-bond donors (Lipinski definition) is 1. The standard InChI is InChI=1S/C31H39N3O5S/c1-6-27(31(36)32-20-23(2)3)33(21-25-13-9-7-10-14-25)30(35)22-34(28-19-24(4)17-18-29(28)39-5)40(37,38)26-15-11-8-12-16-26/h7-19,23,27H,6,20-22H2,1-5H3,(H,32,36)/t27-/m1/s1. The van der Waals surface area contributed by atoms with Gasteiger partial charge >= 0.3 is 0 Å². The molecule has 8 nitrogen and oxygen atoms in total. The smallest absolute Gasteiger partial charge is 0.264 e. The van der Waals surface area contributed by atoms with Crippen molar-refractivity contribution in [3.63, 3.8) is 0 Å². The van der Waals surface area contributed by atoms with E-state index in [1.54, 1.807) is 30.3 Å². The molecule has 0 fully saturated rings. The van der Waals surface area contributed by atoms with Gasteiger partial charge in [0.2, 0.25) is 11.8 Å². The van der Waals surface area contributed by atoms with Crippen LogP contribution in [0.4, 0.5) is 5.69 Å². The summed E-state index contributed by atoms with van der Waals surface area (Å²) in [6.45, 7) is 7.78. The number of nitrogens with zero attached hydrogens (tertiary/aromatic N) is 2. The molecule has 0 aliphatic rings. The van der Waals surface area contributed by atoms with Crippen molar-refractivity contribution in [2.75, 3.05) is 24.5 Å². The maximum absolute atomic E-state index is 14.1. The zero-order valence-electron chi connectivity index (χ0n) is 23.8. The Morgan fingerprint density at radius 1 is 0.950 bits per heavy atom. The second kappa shape index (κ2) is 14.0. The predicted octanol–water partition coefficient (Wildman–Crippen LogP) is 4.78. The first-order valence-electron chi connectivity index (χ1n) is 13.4. The van der Waals surface area contributed by atoms with Crippen LogP contribution in [0.25, 0.3) is 0 Å². The number of methoxy groups -OCH3 is 1. The summed E-state index contributed by atoms with van der Waals surface area (Å²) in [5.41, 5.74) is 1.88. The number of anilines is 1. The highest BCUT2D eigenvalue weighted by molar-refractivity contribution is 7.92. The number of aryl methyl sites for hydroxylation is 1. The number of carbonyl (C=O) groups is 2. The van der Waals surface area contributed by atoms with Crippen LogP contribution in [-0.2, 0) is 26.2 Å². The summed E-state index contributed by atoms with van der Waals surface area (Å²) in [6, 6.07) is 21.7. The third kappa shape index (κ3) is 7.63. The van der Waals surface area contributed by atoms with Crippen LogP contribution in [0.1, 0.15) is 38.3 Å². The number of carbonyl (C=O) groups excluding carboxylic acids is 2. The monoisotopic (exact) mass is 565 g/mol. The van der Waals surface area contributed by atoms with Gasteiger partial charge in [0.25, 0.3) is 10.0 Å². The van der Waals surface area contributed by atoms with Gasteiger partial charge < -0.3 is 15.0 Å². The van der Waals surface area contributed by atoms with Crippen LogP contribution in [0.2, 0.25) is 0 Å². The highest BCUT2D eigenvalue weighted by Crippen LogP contribution is 2.33. The third-order valence-electron chi connectivity index (χ3n) is 6.48. The number of hydrogen-bond acceptors (Lipinski definition) is 5. The summed E-state index contributed by atoms with van der Waals surface area (Å²) in [5, 5.41) is 2.94. The normalized spacial score (nSPS) is 12.1. The molecule has 214 valence electrons. The van der Waals surface area contributed by atoms with Crippen molar-refractivity contribution in [1.29, 1.82) is 0 Å². The van der Waals surface area contributed by atoms with E-state index < -0.39 is 28.5 Å². The lowest BCUT2D eigenvalue weighted by Gasteiger charge is -2.33. The molecule has 9 heteroatoms. The molecule has 0 spiro atoms. The molecule has 3 rings (SSSR count). The second-order valence-corrected chi connectivity index (χ2v) is 11.9. The van der Waals surface area contributed by atoms with Crippen molar-refractivity contribution in [1.82, 2.24) is 10.2 Å². The van der Waals surface area contributed by atoms with Crippen LogP contribution < -0.4 is 14.4 Å². The summed E-state index contributed by atoms with van der Waals surface area (Å²) in [5.74, 6) is -0.223. The number of nitrogens with one attached hydrogen (secondary N) is 1. The minimum Gasteiger partial charge on any atom is -0.495 e. The second-order valence-electron chi connectivity index (χ2n) is 10.1. The molecule has 0 aliphatic carbocycles. The molecule has 0 unspecified atom stereocenters. The van der Waals surface area contributed by atoms with Crippen molar-refractivity contribution in [3.8, 4) is 5.75 Å². The van der Waals surface area contributed by atoms with Crippen molar-refractivity contribution < 1.29 is 22.7 Å². The molecule has 0 heterocycles. The molecule has 1 atom stereocenters. The fourth-order valence-electron chi connectivity index (χ4n) is 4.35. The van der Waals surface area contributed by atoms with Gasteiger partial charge in [-0.15, -0.1) is 0 Å². The van der Waals surface area contributed by atoms with Gasteiger partial charge in [0.15, 0.2) is 0 Å². The van der Waals surface area contributed by atoms with Crippen LogP contribution in [-0.4, -0.2) is 51.4 Å². The zero-order valence-corrected chi connectivity index (χ0v) is 24.6. The molecule has 2 amide bonds. The average Bonchev–Trinajstić information content (AvgIpc) is 2.95. The average molecular weight is 566 g/mol. The van der Waals surface area contributed by atoms with E-state index in [9.17, 15) is 18.0 Å². The molecule has 0 saturated carbocycles. The Labute approximate surface area is 238 Å². The largest absolute Gasteiger partial charge is 0.495 e. The van der Waals surface area contributed by atoms with Gasteiger partial charge in [-0.25, -0.2) is 8.42 Å². The zero-order chi connectivity index (χ0) is 29.3. The Balaban J connectivity index is 2.09. The molecule has 0 radical (unpaired) electrons. The Kier molecular flexibility index (Phi) is 10.7. The maximum atomic E-state index is 14.1. The van der Waals surface area contributed by atoms with E-state index in [2.05, 4.69) is 5.32 Å². The number of rotatable bonds is 13. The molecule has 40 heavy (non-hydrogen) atoms. The Bertz CT molecular complexity index is 1380. The lowest BCUT2D eigenvalue weighted by Crippen LogP contribution is -2.52. The maximum Gasteiger partial charge on any atom is 0.264 e. The minimum absolute atomic E-state index is 0.0442. The van der Waals surface area contributed by atoms with E-state index in [-0.39, 0.29) is 29.0 Å². The highest BCUT2D eigenvalue weighted by Gasteiger charge is 2.34. The van der Waals surface area contributed by atoms with Crippen molar-refractivity contribution in [2.45, 2.75) is 51.6 Å². The first kappa shape index (κ1) is 30.7. The van der Waals surface area contributed by atoms with Gasteiger partial charge in [0.1, 0.15) is 18.3 Å². The van der Waals surface area contributed by atoms with E-state index in [4.69, 9.17) is 4.74 Å². The molecule has 0 saturated heterocycles. The van der Waals surface area contributed by atoms with Gasteiger partial charge in [-0.2, -0.15) is 0 Å². The predicted molar refractivity (Wildman–Crippen MR) is 158 cm³/mol. The van der Waals surface area contributed by atoms with Crippen molar-refractivity contribution in [2.24, 2.45) is 5.92 Å². The SMILES string of the molecule is CC[C@H](C(=O)NCC(C)C)N(Cc1ccccc1)C(=O)CN(c1cc(C)ccc1OC)S(=O)(=O)c1ccccc1. The Hall–Kier alpha value is -3.85. The van der Waals surface area contributed by atoms with Crippen LogP contribution in [0.5, 0.6) is 5.75 Å². The lowest BCUT2D eigenvalue weighted by molar-refractivity contribution is -0.140. The summed E-state index contributed by atoms with van der Waals surface area (Å²) in [4.78, 5) is 28.9. The van der Waals surface area contributed by atoms with Crippen LogP contribution in [0.3, 0.4) is 0 Å².